The molecule has 186 valence electrons. The summed E-state index contributed by atoms with van der Waals surface area (Å²) >= 11 is 0.901. The van der Waals surface area contributed by atoms with Gasteiger partial charge in [0.05, 0.1) is 0 Å². The van der Waals surface area contributed by atoms with Crippen LogP contribution in [-0.4, -0.2) is 55.3 Å². The number of aromatic nitrogens is 1. The van der Waals surface area contributed by atoms with Gasteiger partial charge in [-0.1, -0.05) is 28.9 Å². The molecule has 2 aromatic rings. The minimum atomic E-state index is -4.62. The normalized spacial score (nSPS) is 10.7. The van der Waals surface area contributed by atoms with Crippen LogP contribution in [0.25, 0.3) is 11.5 Å². The molecule has 2 rings (SSSR count). The maximum Gasteiger partial charge on any atom is 0.405 e. The molecule has 0 radical (unpaired) electrons. The standard InChI is InChI=1S/C23H24F3N5O3S/c1-4-31-20(12-16(14-27)21(32)29-15-23(24,25)26)35-19(22(31)33)8-9-28-17-6-5-7-18(13-17)34-11-10-30(2)3/h5-7,9,13,28H,4,10-11,15H2,1-3H3,(H,29,32). The number of nitrogens with one attached hydrogen (secondary N) is 2. The Kier molecular flexibility index (Phi) is 9.94. The Labute approximate surface area is 203 Å². The lowest BCUT2D eigenvalue weighted by Crippen LogP contribution is -2.34. The van der Waals surface area contributed by atoms with Crippen molar-refractivity contribution in [3.8, 4) is 11.8 Å². The average Bonchev–Trinajstić information content (AvgIpc) is 3.09. The van der Waals surface area contributed by atoms with Crippen molar-refractivity contribution in [3.63, 3.8) is 0 Å². The number of nitrogens with zero attached hydrogens (tertiary/aromatic N) is 3. The predicted molar refractivity (Wildman–Crippen MR) is 127 cm³/mol. The Morgan fingerprint density at radius 1 is 1.34 bits per heavy atom. The first-order valence-electron chi connectivity index (χ1n) is 10.4. The summed E-state index contributed by atoms with van der Waals surface area (Å²) in [5.41, 5.74) is 4.87. The zero-order chi connectivity index (χ0) is 26.0. The van der Waals surface area contributed by atoms with Gasteiger partial charge in [0.25, 0.3) is 11.5 Å². The van der Waals surface area contributed by atoms with Gasteiger partial charge in [-0.25, -0.2) is 0 Å². The number of thiazole rings is 1. The molecule has 0 spiro atoms. The van der Waals surface area contributed by atoms with Crippen LogP contribution in [-0.2, 0) is 11.3 Å². The number of anilines is 1. The van der Waals surface area contributed by atoms with Crippen molar-refractivity contribution in [3.05, 3.63) is 55.6 Å². The maximum atomic E-state index is 12.6. The van der Waals surface area contributed by atoms with Gasteiger partial charge < -0.3 is 20.3 Å². The first-order chi connectivity index (χ1) is 16.5. The van der Waals surface area contributed by atoms with E-state index in [2.05, 4.69) is 16.8 Å². The van der Waals surface area contributed by atoms with Gasteiger partial charge >= 0.3 is 6.18 Å². The lowest BCUT2D eigenvalue weighted by atomic mass is 10.3. The Bertz CT molecular complexity index is 1340. The smallest absolute Gasteiger partial charge is 0.405 e. The van der Waals surface area contributed by atoms with Crippen molar-refractivity contribution < 1.29 is 22.7 Å². The fourth-order valence-corrected chi connectivity index (χ4v) is 3.58. The van der Waals surface area contributed by atoms with Crippen LogP contribution >= 0.6 is 11.3 Å². The molecule has 1 amide bonds. The first kappa shape index (κ1) is 27.5. The van der Waals surface area contributed by atoms with E-state index in [1.165, 1.54) is 16.8 Å². The van der Waals surface area contributed by atoms with E-state index in [4.69, 9.17) is 4.74 Å². The SMILES string of the molecule is CCn1c(=C=C(C#N)C(=O)NCC(F)(F)F)sc(=C=CNc2cccc(OCCN(C)C)c2)c1=O. The Balaban J connectivity index is 2.35. The van der Waals surface area contributed by atoms with E-state index in [1.807, 2.05) is 31.1 Å². The number of benzene rings is 1. The number of amides is 1. The molecule has 0 atom stereocenters. The number of ether oxygens (including phenoxy) is 1. The van der Waals surface area contributed by atoms with Crippen molar-refractivity contribution in [2.75, 3.05) is 39.1 Å². The van der Waals surface area contributed by atoms with Gasteiger partial charge in [-0.15, -0.1) is 0 Å². The second kappa shape index (κ2) is 12.6. The van der Waals surface area contributed by atoms with E-state index < -0.39 is 29.8 Å². The topological polar surface area (TPSA) is 99.4 Å². The highest BCUT2D eigenvalue weighted by molar-refractivity contribution is 7.07. The second-order valence-electron chi connectivity index (χ2n) is 7.31. The fraction of sp³-hybridized carbons (Fsp3) is 0.348. The molecular formula is C23H24F3N5O3S. The largest absolute Gasteiger partial charge is 0.492 e. The monoisotopic (exact) mass is 507 g/mol. The molecule has 0 aliphatic carbocycles. The van der Waals surface area contributed by atoms with E-state index in [0.717, 1.165) is 17.9 Å². The van der Waals surface area contributed by atoms with Crippen LogP contribution in [0.4, 0.5) is 18.9 Å². The van der Waals surface area contributed by atoms with Gasteiger partial charge in [0.2, 0.25) is 0 Å². The van der Waals surface area contributed by atoms with Crippen molar-refractivity contribution in [2.24, 2.45) is 0 Å². The third-order valence-electron chi connectivity index (χ3n) is 4.30. The zero-order valence-electron chi connectivity index (χ0n) is 19.3. The highest BCUT2D eigenvalue weighted by Gasteiger charge is 2.28. The molecule has 2 N–H and O–H groups in total. The molecule has 0 fully saturated rings. The molecule has 0 aliphatic rings. The third kappa shape index (κ3) is 8.85. The maximum absolute atomic E-state index is 12.6. The van der Waals surface area contributed by atoms with Gasteiger partial charge in [-0.3, -0.25) is 14.2 Å². The molecule has 0 saturated carbocycles. The van der Waals surface area contributed by atoms with Crippen LogP contribution in [0.5, 0.6) is 5.75 Å². The van der Waals surface area contributed by atoms with Crippen LogP contribution < -0.4 is 30.1 Å². The van der Waals surface area contributed by atoms with Gasteiger partial charge in [0, 0.05) is 31.0 Å². The van der Waals surface area contributed by atoms with Gasteiger partial charge in [0.1, 0.15) is 34.2 Å². The van der Waals surface area contributed by atoms with Crippen LogP contribution in [0.3, 0.4) is 0 Å². The molecule has 8 nitrogen and oxygen atoms in total. The fourth-order valence-electron chi connectivity index (χ4n) is 2.60. The third-order valence-corrected chi connectivity index (χ3v) is 5.32. The molecule has 1 aromatic heterocycles. The summed E-state index contributed by atoms with van der Waals surface area (Å²) in [6, 6.07) is 8.73. The number of hydrogen-bond donors (Lipinski definition) is 2. The molecule has 35 heavy (non-hydrogen) atoms. The van der Waals surface area contributed by atoms with Crippen LogP contribution in [0.1, 0.15) is 6.92 Å². The summed E-state index contributed by atoms with van der Waals surface area (Å²) in [6.07, 6.45) is -3.19. The van der Waals surface area contributed by atoms with E-state index >= 15 is 0 Å². The average molecular weight is 508 g/mol. The number of carbonyl (C=O) groups excluding carboxylic acids is 1. The molecule has 0 saturated heterocycles. The highest BCUT2D eigenvalue weighted by Crippen LogP contribution is 2.17. The van der Waals surface area contributed by atoms with Crippen LogP contribution in [0, 0.1) is 11.3 Å². The van der Waals surface area contributed by atoms with E-state index in [0.29, 0.717) is 18.0 Å². The van der Waals surface area contributed by atoms with Crippen molar-refractivity contribution in [1.82, 2.24) is 14.8 Å². The molecule has 1 heterocycles. The number of hydrogen-bond acceptors (Lipinski definition) is 7. The van der Waals surface area contributed by atoms with E-state index in [-0.39, 0.29) is 15.7 Å². The summed E-state index contributed by atoms with van der Waals surface area (Å²) < 4.78 is 44.2. The summed E-state index contributed by atoms with van der Waals surface area (Å²) in [7, 11) is 3.89. The summed E-state index contributed by atoms with van der Waals surface area (Å²) in [6.45, 7) is 1.57. The van der Waals surface area contributed by atoms with Crippen molar-refractivity contribution >= 4 is 34.4 Å². The molecule has 0 bridgehead atoms. The van der Waals surface area contributed by atoms with Crippen molar-refractivity contribution in [2.45, 2.75) is 19.6 Å². The summed E-state index contributed by atoms with van der Waals surface area (Å²) in [5, 5.41) is 13.8. The summed E-state index contributed by atoms with van der Waals surface area (Å²) in [4.78, 5) is 26.6. The Morgan fingerprint density at radius 3 is 2.71 bits per heavy atom. The van der Waals surface area contributed by atoms with Gasteiger partial charge in [0.15, 0.2) is 5.57 Å². The minimum absolute atomic E-state index is 0.114. The number of rotatable bonds is 9. The van der Waals surface area contributed by atoms with Crippen LogP contribution in [0.15, 0.2) is 40.8 Å². The van der Waals surface area contributed by atoms with E-state index in [1.54, 1.807) is 24.4 Å². The number of halogens is 3. The van der Waals surface area contributed by atoms with Gasteiger partial charge in [-0.05, 0) is 33.2 Å². The molecule has 0 aliphatic heterocycles. The number of carbonyl (C=O) groups is 1. The zero-order valence-corrected chi connectivity index (χ0v) is 20.1. The highest BCUT2D eigenvalue weighted by atomic mass is 32.1. The van der Waals surface area contributed by atoms with Gasteiger partial charge in [-0.2, -0.15) is 18.4 Å². The minimum Gasteiger partial charge on any atom is -0.492 e. The molecule has 1 aromatic carbocycles. The lowest BCUT2D eigenvalue weighted by molar-refractivity contribution is -0.136. The number of likely N-dealkylation sites (N-methyl/N-ethyl adjacent to an activating group) is 1. The molecule has 0 unspecified atom stereocenters. The first-order valence-corrected chi connectivity index (χ1v) is 11.2. The molecular weight excluding hydrogens is 483 g/mol. The van der Waals surface area contributed by atoms with Crippen LogP contribution in [0.2, 0.25) is 0 Å². The Hall–Kier alpha value is -3.74. The van der Waals surface area contributed by atoms with Crippen molar-refractivity contribution in [1.29, 1.82) is 5.26 Å². The Morgan fingerprint density at radius 2 is 2.09 bits per heavy atom. The lowest BCUT2D eigenvalue weighted by Gasteiger charge is -2.11. The number of alkyl halides is 3. The second-order valence-corrected chi connectivity index (χ2v) is 8.31. The quantitative estimate of drug-likeness (QED) is 0.393. The molecule has 12 heteroatoms. The predicted octanol–water partition coefficient (Wildman–Crippen LogP) is 1.38. The summed E-state index contributed by atoms with van der Waals surface area (Å²) in [5.74, 6) is -0.562. The number of nitriles is 1. The van der Waals surface area contributed by atoms with E-state index in [9.17, 15) is 28.0 Å².